The van der Waals surface area contributed by atoms with Crippen LogP contribution in [0.25, 0.3) is 0 Å². The van der Waals surface area contributed by atoms with Crippen molar-refractivity contribution in [3.63, 3.8) is 0 Å². The maximum Gasteiger partial charge on any atom is 0.326 e. The summed E-state index contributed by atoms with van der Waals surface area (Å²) in [6.45, 7) is 16.3. The molecule has 0 heterocycles. The third-order valence-corrected chi connectivity index (χ3v) is 5.16. The Bertz CT molecular complexity index is 1220. The average molecular weight is 666 g/mol. The van der Waals surface area contributed by atoms with Crippen LogP contribution in [0.15, 0.2) is 18.2 Å². The predicted molar refractivity (Wildman–Crippen MR) is 168 cm³/mol. The summed E-state index contributed by atoms with van der Waals surface area (Å²) in [5, 5.41) is 11.9. The Balaban J connectivity index is 3.66. The smallest absolute Gasteiger partial charge is 0.326 e. The van der Waals surface area contributed by atoms with Gasteiger partial charge in [-0.1, -0.05) is 0 Å². The lowest BCUT2D eigenvalue weighted by molar-refractivity contribution is -0.384. The molecule has 1 aromatic carbocycles. The number of esters is 4. The molecule has 15 heteroatoms. The quantitative estimate of drug-likeness (QED) is 0.144. The summed E-state index contributed by atoms with van der Waals surface area (Å²) in [5.41, 5.74) is -5.32. The van der Waals surface area contributed by atoms with Crippen LogP contribution in [0.1, 0.15) is 104 Å². The van der Waals surface area contributed by atoms with Crippen LogP contribution in [0.4, 0.5) is 5.69 Å². The number of carbonyl (C=O) groups is 6. The third-order valence-electron chi connectivity index (χ3n) is 5.16. The Kier molecular flexibility index (Phi) is 13.2. The normalized spacial score (nSPS) is 12.0. The molecule has 0 unspecified atom stereocenters. The van der Waals surface area contributed by atoms with Gasteiger partial charge < -0.3 is 28.7 Å². The van der Waals surface area contributed by atoms with Crippen LogP contribution in [0.3, 0.4) is 0 Å². The monoisotopic (exact) mass is 665 g/mol. The second kappa shape index (κ2) is 15.4. The van der Waals surface area contributed by atoms with Gasteiger partial charge in [0.25, 0.3) is 17.5 Å². The van der Waals surface area contributed by atoms with E-state index in [0.717, 1.165) is 28.0 Å². The summed E-state index contributed by atoms with van der Waals surface area (Å²) >= 11 is 0. The molecule has 1 rings (SSSR count). The number of ether oxygens (including phenoxy) is 4. The van der Waals surface area contributed by atoms with Crippen molar-refractivity contribution in [3.8, 4) is 0 Å². The number of rotatable bonds is 11. The molecule has 0 radical (unpaired) electrons. The number of amides is 2. The van der Waals surface area contributed by atoms with E-state index in [1.54, 1.807) is 83.1 Å². The average Bonchev–Trinajstić information content (AvgIpc) is 2.82. The third kappa shape index (κ3) is 16.0. The summed E-state index contributed by atoms with van der Waals surface area (Å²) in [4.78, 5) is 90.8. The first-order valence-corrected chi connectivity index (χ1v) is 14.8. The van der Waals surface area contributed by atoms with Gasteiger partial charge >= 0.3 is 23.9 Å². The van der Waals surface area contributed by atoms with Crippen LogP contribution in [-0.4, -0.2) is 99.0 Å². The highest BCUT2D eigenvalue weighted by molar-refractivity contribution is 6.03. The molecular formula is C32H47N3O12. The fourth-order valence-corrected chi connectivity index (χ4v) is 3.85. The summed E-state index contributed by atoms with van der Waals surface area (Å²) in [6.07, 6.45) is 0. The number of nitrogens with zero attached hydrogens (tertiary/aromatic N) is 3. The minimum atomic E-state index is -1.04. The Morgan fingerprint density at radius 3 is 0.957 bits per heavy atom. The van der Waals surface area contributed by atoms with Crippen LogP contribution >= 0.6 is 0 Å². The molecule has 1 aromatic rings. The fraction of sp³-hybridized carbons (Fsp3) is 0.625. The van der Waals surface area contributed by atoms with Gasteiger partial charge in [0.1, 0.15) is 48.6 Å². The van der Waals surface area contributed by atoms with Crippen molar-refractivity contribution >= 4 is 41.4 Å². The fourth-order valence-electron chi connectivity index (χ4n) is 3.85. The zero-order chi connectivity index (χ0) is 36.7. The number of nitro groups is 1. The molecule has 0 aromatic heterocycles. The molecule has 0 spiro atoms. The van der Waals surface area contributed by atoms with Gasteiger partial charge in [0.05, 0.1) is 4.92 Å². The van der Waals surface area contributed by atoms with Crippen LogP contribution in [-0.2, 0) is 38.1 Å². The maximum atomic E-state index is 13.8. The largest absolute Gasteiger partial charge is 0.459 e. The first kappa shape index (κ1) is 40.5. The second-order valence-electron chi connectivity index (χ2n) is 14.7. The molecule has 0 saturated heterocycles. The van der Waals surface area contributed by atoms with E-state index in [2.05, 4.69) is 0 Å². The number of nitro benzene ring substituents is 1. The summed E-state index contributed by atoms with van der Waals surface area (Å²) in [6, 6.07) is 2.72. The second-order valence-corrected chi connectivity index (χ2v) is 14.7. The number of non-ortho nitro benzene ring substituents is 1. The van der Waals surface area contributed by atoms with Crippen LogP contribution in [0.5, 0.6) is 0 Å². The van der Waals surface area contributed by atoms with E-state index >= 15 is 0 Å². The lowest BCUT2D eigenvalue weighted by Crippen LogP contribution is -2.44. The highest BCUT2D eigenvalue weighted by Gasteiger charge is 2.32. The van der Waals surface area contributed by atoms with E-state index in [1.807, 2.05) is 0 Å². The Morgan fingerprint density at radius 2 is 0.766 bits per heavy atom. The standard InChI is InChI=1S/C32H47N3O12/c1-29(2,3)44-23(36)16-33(17-24(37)45-30(4,5)6)27(40)20-13-21(15-22(14-20)35(42)43)28(41)34(18-25(38)46-31(7,8)9)19-26(39)47-32(10,11)12/h13-15H,16-19H2,1-12H3. The summed E-state index contributed by atoms with van der Waals surface area (Å²) in [7, 11) is 0. The van der Waals surface area contributed by atoms with E-state index in [1.165, 1.54) is 0 Å². The Morgan fingerprint density at radius 1 is 0.532 bits per heavy atom. The lowest BCUT2D eigenvalue weighted by atomic mass is 10.1. The minimum Gasteiger partial charge on any atom is -0.459 e. The Hall–Kier alpha value is -4.56. The highest BCUT2D eigenvalue weighted by atomic mass is 16.6. The van der Waals surface area contributed by atoms with Crippen molar-refractivity contribution in [2.75, 3.05) is 26.2 Å². The van der Waals surface area contributed by atoms with E-state index < -0.39 is 106 Å². The first-order chi connectivity index (χ1) is 21.0. The molecule has 0 bridgehead atoms. The van der Waals surface area contributed by atoms with E-state index in [-0.39, 0.29) is 0 Å². The lowest BCUT2D eigenvalue weighted by Gasteiger charge is -2.27. The van der Waals surface area contributed by atoms with Crippen molar-refractivity contribution in [1.29, 1.82) is 0 Å². The molecule has 0 aliphatic carbocycles. The predicted octanol–water partition coefficient (Wildman–Crippen LogP) is 3.85. The van der Waals surface area contributed by atoms with Crippen LogP contribution < -0.4 is 0 Å². The number of hydrogen-bond acceptors (Lipinski definition) is 12. The van der Waals surface area contributed by atoms with E-state index in [9.17, 15) is 38.9 Å². The van der Waals surface area contributed by atoms with Crippen molar-refractivity contribution in [2.24, 2.45) is 0 Å². The van der Waals surface area contributed by atoms with Gasteiger partial charge in [-0.15, -0.1) is 0 Å². The van der Waals surface area contributed by atoms with E-state index in [0.29, 0.717) is 0 Å². The van der Waals surface area contributed by atoms with Crippen molar-refractivity contribution < 1.29 is 52.6 Å². The van der Waals surface area contributed by atoms with Gasteiger partial charge in [-0.2, -0.15) is 0 Å². The van der Waals surface area contributed by atoms with Gasteiger partial charge in [0, 0.05) is 23.3 Å². The first-order valence-electron chi connectivity index (χ1n) is 14.8. The summed E-state index contributed by atoms with van der Waals surface area (Å²) < 4.78 is 21.2. The molecule has 0 atom stereocenters. The Labute approximate surface area is 275 Å². The molecule has 47 heavy (non-hydrogen) atoms. The highest BCUT2D eigenvalue weighted by Crippen LogP contribution is 2.22. The SMILES string of the molecule is CC(C)(C)OC(=O)CN(CC(=O)OC(C)(C)C)C(=O)c1cc(C(=O)N(CC(=O)OC(C)(C)C)CC(=O)OC(C)(C)C)cc([N+](=O)[O-])c1. The van der Waals surface area contributed by atoms with Crippen LogP contribution in [0.2, 0.25) is 0 Å². The van der Waals surface area contributed by atoms with E-state index in [4.69, 9.17) is 18.9 Å². The van der Waals surface area contributed by atoms with Crippen LogP contribution in [0, 0.1) is 10.1 Å². The van der Waals surface area contributed by atoms with Gasteiger partial charge in [-0.3, -0.25) is 38.9 Å². The topological polar surface area (TPSA) is 189 Å². The van der Waals surface area contributed by atoms with Gasteiger partial charge in [-0.25, -0.2) is 0 Å². The maximum absolute atomic E-state index is 13.8. The molecule has 2 amide bonds. The van der Waals surface area contributed by atoms with Crippen molar-refractivity contribution in [1.82, 2.24) is 9.80 Å². The number of hydrogen-bond donors (Lipinski definition) is 0. The molecule has 15 nitrogen and oxygen atoms in total. The molecule has 0 saturated carbocycles. The van der Waals surface area contributed by atoms with Crippen molar-refractivity contribution in [2.45, 2.75) is 105 Å². The van der Waals surface area contributed by atoms with Gasteiger partial charge in [0.15, 0.2) is 0 Å². The molecule has 0 aliphatic heterocycles. The number of carbonyl (C=O) groups excluding carboxylic acids is 6. The molecule has 0 fully saturated rings. The van der Waals surface area contributed by atoms with Gasteiger partial charge in [0.2, 0.25) is 0 Å². The minimum absolute atomic E-state index is 0.441. The zero-order valence-electron chi connectivity index (χ0n) is 29.3. The summed E-state index contributed by atoms with van der Waals surface area (Å²) in [5.74, 6) is -5.58. The molecule has 0 aliphatic rings. The zero-order valence-corrected chi connectivity index (χ0v) is 29.3. The molecular weight excluding hydrogens is 618 g/mol. The van der Waals surface area contributed by atoms with Gasteiger partial charge in [-0.05, 0) is 89.2 Å². The molecule has 0 N–H and O–H groups in total. The number of benzene rings is 1. The molecule has 262 valence electrons. The van der Waals surface area contributed by atoms with Crippen molar-refractivity contribution in [3.05, 3.63) is 39.4 Å².